The molecule has 9 nitrogen and oxygen atoms in total. The number of urea groups is 1. The number of benzene rings is 3. The molecule has 0 spiro atoms. The van der Waals surface area contributed by atoms with Crippen LogP contribution in [0.25, 0.3) is 10.8 Å². The Bertz CT molecular complexity index is 1440. The smallest absolute Gasteiger partial charge is 0.870 e. The van der Waals surface area contributed by atoms with Crippen molar-refractivity contribution in [3.63, 3.8) is 0 Å². The van der Waals surface area contributed by atoms with E-state index in [4.69, 9.17) is 34.8 Å². The van der Waals surface area contributed by atoms with Gasteiger partial charge in [0.1, 0.15) is 6.04 Å². The largest absolute Gasteiger partial charge is 1.00 e. The third kappa shape index (κ3) is 9.50. The number of carbonyl (C=O) groups is 3. The Labute approximate surface area is 277 Å². The molecule has 7 N–H and O–H groups in total. The van der Waals surface area contributed by atoms with Crippen molar-refractivity contribution in [1.82, 2.24) is 5.32 Å². The van der Waals surface area contributed by atoms with Crippen LogP contribution in [0, 0.1) is 17.3 Å². The molecule has 1 atom stereocenters. The van der Waals surface area contributed by atoms with Crippen LogP contribution >= 0.6 is 34.8 Å². The van der Waals surface area contributed by atoms with Crippen LogP contribution in [0.4, 0.5) is 16.2 Å². The van der Waals surface area contributed by atoms with E-state index in [1.165, 1.54) is 12.1 Å². The van der Waals surface area contributed by atoms with Gasteiger partial charge in [-0.2, -0.15) is 0 Å². The summed E-state index contributed by atoms with van der Waals surface area (Å²) in [7, 11) is 0. The minimum Gasteiger partial charge on any atom is -0.870 e. The summed E-state index contributed by atoms with van der Waals surface area (Å²) in [5, 5.41) is 20.2. The van der Waals surface area contributed by atoms with Crippen LogP contribution in [-0.2, 0) is 4.79 Å². The number of carboxylic acid groups (broad SMARTS) is 1. The van der Waals surface area contributed by atoms with Crippen molar-refractivity contribution in [3.05, 3.63) is 69.2 Å². The van der Waals surface area contributed by atoms with E-state index in [9.17, 15) is 19.5 Å². The van der Waals surface area contributed by atoms with E-state index in [0.29, 0.717) is 23.8 Å². The molecule has 0 aromatic heterocycles. The van der Waals surface area contributed by atoms with Crippen molar-refractivity contribution in [2.24, 2.45) is 17.3 Å². The second-order valence-corrected chi connectivity index (χ2v) is 12.6. The molecular weight excluding hydrogens is 612 g/mol. The predicted octanol–water partition coefficient (Wildman–Crippen LogP) is 4.48. The molecule has 0 radical (unpaired) electrons. The Hall–Kier alpha value is -2.48. The SMILES string of the molecule is CC(C)(C)C1CCC([C@H](NC(=O)c2cc3ccccc3cc2NC(=O)Nc2c(Cl)cc(Cl)cc2Cl)C(=O)O)CC1.O.[Li+].[OH-]. The quantitative estimate of drug-likeness (QED) is 0.289. The summed E-state index contributed by atoms with van der Waals surface area (Å²) in [6.45, 7) is 6.61. The van der Waals surface area contributed by atoms with Crippen LogP contribution in [0.2, 0.25) is 15.1 Å². The fraction of sp³-hybridized carbons (Fsp3) is 0.367. The number of hydrogen-bond acceptors (Lipinski definition) is 4. The van der Waals surface area contributed by atoms with Crippen molar-refractivity contribution >= 4 is 74.9 Å². The van der Waals surface area contributed by atoms with Gasteiger partial charge in [-0.15, -0.1) is 0 Å². The molecule has 0 bridgehead atoms. The maximum atomic E-state index is 13.6. The van der Waals surface area contributed by atoms with Gasteiger partial charge in [-0.3, -0.25) is 4.79 Å². The summed E-state index contributed by atoms with van der Waals surface area (Å²) >= 11 is 18.4. The molecule has 0 unspecified atom stereocenters. The number of fused-ring (bicyclic) bond motifs is 1. The number of nitrogens with one attached hydrogen (secondary N) is 3. The Morgan fingerprint density at radius 3 is 1.93 bits per heavy atom. The first-order chi connectivity index (χ1) is 18.8. The molecule has 0 saturated heterocycles. The number of halogens is 3. The van der Waals surface area contributed by atoms with E-state index >= 15 is 0 Å². The van der Waals surface area contributed by atoms with Crippen LogP contribution < -0.4 is 34.8 Å². The molecule has 1 saturated carbocycles. The standard InChI is InChI=1S/C30H32Cl3N3O4.Li.2H2O/c1-30(2,3)19-10-8-16(9-11-19)25(28(38)39)35-27(37)21-12-17-6-4-5-7-18(17)13-24(21)34-29(40)36-26-22(32)14-20(31)15-23(26)33;;;/h4-7,12-16,19,25H,8-11H2,1-3H3,(H,35,37)(H,38,39)(H2,34,36,40);;2*1H2/q;+1;;/p-1/t16?,19?,25-;;;/m0.../s1. The molecule has 1 fully saturated rings. The number of rotatable bonds is 6. The summed E-state index contributed by atoms with van der Waals surface area (Å²) in [4.78, 5) is 38.8. The first kappa shape index (κ1) is 38.5. The molecule has 0 heterocycles. The summed E-state index contributed by atoms with van der Waals surface area (Å²) in [5.74, 6) is -1.35. The van der Waals surface area contributed by atoms with Crippen molar-refractivity contribution in [3.8, 4) is 0 Å². The van der Waals surface area contributed by atoms with Gasteiger partial charge in [0.15, 0.2) is 0 Å². The van der Waals surface area contributed by atoms with Crippen LogP contribution in [0.15, 0.2) is 48.5 Å². The van der Waals surface area contributed by atoms with Crippen LogP contribution in [0.1, 0.15) is 56.8 Å². The number of hydrogen-bond donors (Lipinski definition) is 4. The molecule has 43 heavy (non-hydrogen) atoms. The Kier molecular flexibility index (Phi) is 14.3. The normalized spacial score (nSPS) is 16.9. The average Bonchev–Trinajstić information content (AvgIpc) is 2.88. The van der Waals surface area contributed by atoms with Gasteiger partial charge in [-0.05, 0) is 78.0 Å². The fourth-order valence-corrected chi connectivity index (χ4v) is 6.29. The third-order valence-electron chi connectivity index (χ3n) is 7.64. The third-order valence-corrected chi connectivity index (χ3v) is 8.46. The summed E-state index contributed by atoms with van der Waals surface area (Å²) in [6, 6.07) is 11.8. The van der Waals surface area contributed by atoms with Gasteiger partial charge in [-0.25, -0.2) is 9.59 Å². The number of carbonyl (C=O) groups excluding carboxylic acids is 2. The molecule has 4 rings (SSSR count). The number of amides is 3. The molecule has 3 amide bonds. The first-order valence-electron chi connectivity index (χ1n) is 13.1. The van der Waals surface area contributed by atoms with Gasteiger partial charge in [-0.1, -0.05) is 79.8 Å². The summed E-state index contributed by atoms with van der Waals surface area (Å²) < 4.78 is 0. The van der Waals surface area contributed by atoms with Gasteiger partial charge >= 0.3 is 30.9 Å². The maximum absolute atomic E-state index is 13.6. The van der Waals surface area contributed by atoms with E-state index in [1.807, 2.05) is 24.3 Å². The zero-order valence-corrected chi connectivity index (χ0v) is 26.7. The summed E-state index contributed by atoms with van der Waals surface area (Å²) in [6.07, 6.45) is 3.25. The minimum absolute atomic E-state index is 0. The zero-order valence-electron chi connectivity index (χ0n) is 24.4. The van der Waals surface area contributed by atoms with E-state index in [-0.39, 0.29) is 68.1 Å². The van der Waals surface area contributed by atoms with E-state index in [2.05, 4.69) is 36.7 Å². The average molecular weight is 647 g/mol. The second-order valence-electron chi connectivity index (χ2n) is 11.3. The fourth-order valence-electron chi connectivity index (χ4n) is 5.38. The molecular formula is C30H35Cl3LiN3O6. The Morgan fingerprint density at radius 2 is 1.42 bits per heavy atom. The van der Waals surface area contributed by atoms with Gasteiger partial charge in [0.25, 0.3) is 5.91 Å². The number of carboxylic acids is 1. The summed E-state index contributed by atoms with van der Waals surface area (Å²) in [5.41, 5.74) is 0.653. The number of anilines is 2. The van der Waals surface area contributed by atoms with Crippen molar-refractivity contribution in [1.29, 1.82) is 0 Å². The zero-order chi connectivity index (χ0) is 29.2. The maximum Gasteiger partial charge on any atom is 1.00 e. The predicted molar refractivity (Wildman–Crippen MR) is 167 cm³/mol. The van der Waals surface area contributed by atoms with Crippen molar-refractivity contribution in [2.75, 3.05) is 10.6 Å². The number of aliphatic carboxylic acids is 1. The van der Waals surface area contributed by atoms with Crippen LogP contribution in [-0.4, -0.2) is 40.0 Å². The molecule has 1 aliphatic rings. The Morgan fingerprint density at radius 1 is 0.884 bits per heavy atom. The van der Waals surface area contributed by atoms with E-state index in [0.717, 1.165) is 23.6 Å². The van der Waals surface area contributed by atoms with Crippen LogP contribution in [0.3, 0.4) is 0 Å². The first-order valence-corrected chi connectivity index (χ1v) is 14.3. The molecule has 0 aliphatic heterocycles. The molecule has 13 heteroatoms. The molecule has 3 aromatic carbocycles. The van der Waals surface area contributed by atoms with Crippen molar-refractivity contribution < 1.29 is 49.3 Å². The van der Waals surface area contributed by atoms with E-state index < -0.39 is 23.9 Å². The Balaban J connectivity index is 0.00000308. The molecule has 1 aliphatic carbocycles. The topological polar surface area (TPSA) is 169 Å². The van der Waals surface area contributed by atoms with Gasteiger partial charge in [0.2, 0.25) is 0 Å². The van der Waals surface area contributed by atoms with Gasteiger partial charge < -0.3 is 32.0 Å². The van der Waals surface area contributed by atoms with Gasteiger partial charge in [0, 0.05) is 5.02 Å². The van der Waals surface area contributed by atoms with Gasteiger partial charge in [0.05, 0.1) is 27.0 Å². The monoisotopic (exact) mass is 645 g/mol. The van der Waals surface area contributed by atoms with Crippen molar-refractivity contribution in [2.45, 2.75) is 52.5 Å². The van der Waals surface area contributed by atoms with E-state index in [1.54, 1.807) is 12.1 Å². The molecule has 3 aromatic rings. The second kappa shape index (κ2) is 16.0. The minimum atomic E-state index is -1.08. The molecule has 228 valence electrons. The van der Waals surface area contributed by atoms with Crippen LogP contribution in [0.5, 0.6) is 0 Å².